The molecular weight excluding hydrogens is 512 g/mol. The van der Waals surface area contributed by atoms with Crippen LogP contribution in [-0.4, -0.2) is 24.4 Å². The van der Waals surface area contributed by atoms with Crippen molar-refractivity contribution in [2.75, 3.05) is 13.7 Å². The molecule has 2 aromatic carbocycles. The van der Waals surface area contributed by atoms with Gasteiger partial charge in [-0.2, -0.15) is 5.10 Å². The summed E-state index contributed by atoms with van der Waals surface area (Å²) in [7, 11) is 1.68. The molecule has 0 fully saturated rings. The summed E-state index contributed by atoms with van der Waals surface area (Å²) >= 11 is 5.35. The molecule has 2 aliphatic heterocycles. The number of rotatable bonds is 9. The van der Waals surface area contributed by atoms with Crippen LogP contribution in [0.1, 0.15) is 67.3 Å². The molecule has 0 N–H and O–H groups in total. The summed E-state index contributed by atoms with van der Waals surface area (Å²) in [6.45, 7) is 2.91. The molecule has 178 valence electrons. The van der Waals surface area contributed by atoms with Crippen molar-refractivity contribution in [1.29, 1.82) is 0 Å². The van der Waals surface area contributed by atoms with Gasteiger partial charge in [-0.15, -0.1) is 11.3 Å². The number of benzene rings is 2. The Hall–Kier alpha value is -2.51. The van der Waals surface area contributed by atoms with Gasteiger partial charge in [-0.05, 0) is 54.3 Å². The second kappa shape index (κ2) is 10.4. The Kier molecular flexibility index (Phi) is 7.11. The van der Waals surface area contributed by atoms with Crippen molar-refractivity contribution in [3.63, 3.8) is 0 Å². The first-order valence-electron chi connectivity index (χ1n) is 11.8. The first kappa shape index (κ1) is 23.2. The third-order valence-electron chi connectivity index (χ3n) is 6.29. The van der Waals surface area contributed by atoms with Crippen molar-refractivity contribution in [2.45, 2.75) is 51.3 Å². The maximum atomic E-state index is 6.52. The molecule has 2 aliphatic rings. The van der Waals surface area contributed by atoms with Crippen LogP contribution in [0.2, 0.25) is 0 Å². The fraction of sp³-hybridized carbons (Fsp3) is 0.370. The summed E-state index contributed by atoms with van der Waals surface area (Å²) in [5.74, 6) is 2.38. The van der Waals surface area contributed by atoms with E-state index >= 15 is 0 Å². The summed E-state index contributed by atoms with van der Waals surface area (Å²) in [6, 6.07) is 16.6. The van der Waals surface area contributed by atoms with E-state index in [0.29, 0.717) is 6.61 Å². The quantitative estimate of drug-likeness (QED) is 0.260. The summed E-state index contributed by atoms with van der Waals surface area (Å²) in [5, 5.41) is 9.24. The third kappa shape index (κ3) is 4.68. The van der Waals surface area contributed by atoms with Crippen LogP contribution < -0.4 is 14.2 Å². The lowest BCUT2D eigenvalue weighted by Gasteiger charge is -2.38. The van der Waals surface area contributed by atoms with E-state index in [4.69, 9.17) is 19.3 Å². The summed E-state index contributed by atoms with van der Waals surface area (Å²) in [4.78, 5) is 1.20. The van der Waals surface area contributed by atoms with Crippen molar-refractivity contribution in [1.82, 2.24) is 5.01 Å². The van der Waals surface area contributed by atoms with Crippen LogP contribution in [0.4, 0.5) is 0 Å². The van der Waals surface area contributed by atoms with Gasteiger partial charge >= 0.3 is 0 Å². The largest absolute Gasteiger partial charge is 0.493 e. The van der Waals surface area contributed by atoms with Crippen LogP contribution in [0.15, 0.2) is 63.5 Å². The number of ether oxygens (including phenoxy) is 3. The lowest BCUT2D eigenvalue weighted by molar-refractivity contribution is -0.0192. The first-order chi connectivity index (χ1) is 16.7. The van der Waals surface area contributed by atoms with Crippen LogP contribution in [0.5, 0.6) is 17.2 Å². The van der Waals surface area contributed by atoms with Crippen molar-refractivity contribution in [2.24, 2.45) is 5.10 Å². The van der Waals surface area contributed by atoms with Crippen molar-refractivity contribution in [3.05, 3.63) is 74.4 Å². The minimum atomic E-state index is -0.344. The van der Waals surface area contributed by atoms with Crippen molar-refractivity contribution in [3.8, 4) is 17.2 Å². The SMILES string of the molecule is CCCCCCOc1ccc([C@H]2Oc3ccc(Br)cc3[C@H]3CC(c4cccs4)=NN32)cc1OC. The Labute approximate surface area is 213 Å². The van der Waals surface area contributed by atoms with E-state index in [1.165, 1.54) is 24.1 Å². The predicted octanol–water partition coefficient (Wildman–Crippen LogP) is 7.72. The molecule has 0 aliphatic carbocycles. The number of halogens is 1. The van der Waals surface area contributed by atoms with Gasteiger partial charge in [0.1, 0.15) is 5.75 Å². The number of thiophene rings is 1. The molecule has 2 atom stereocenters. The van der Waals surface area contributed by atoms with Gasteiger partial charge in [0.25, 0.3) is 0 Å². The van der Waals surface area contributed by atoms with Crippen LogP contribution in [0, 0.1) is 0 Å². The molecule has 0 bridgehead atoms. The molecule has 1 aromatic heterocycles. The van der Waals surface area contributed by atoms with Crippen LogP contribution in [0.25, 0.3) is 0 Å². The number of fused-ring (bicyclic) bond motifs is 3. The maximum Gasteiger partial charge on any atom is 0.214 e. The van der Waals surface area contributed by atoms with Gasteiger partial charge in [-0.3, -0.25) is 0 Å². The standard InChI is InChI=1S/C27H29BrN2O3S/c1-3-4-5-6-13-32-24-11-9-18(15-25(24)31-2)27-30-22(17-21(29-30)26-8-7-14-34-26)20-16-19(28)10-12-23(20)33-27/h7-12,14-16,22,27H,3-6,13,17H2,1-2H3/t22-,27-/m1/s1. The van der Waals surface area contributed by atoms with E-state index in [1.54, 1.807) is 18.4 Å². The first-order valence-corrected chi connectivity index (χ1v) is 13.5. The zero-order chi connectivity index (χ0) is 23.5. The van der Waals surface area contributed by atoms with E-state index in [-0.39, 0.29) is 12.3 Å². The highest BCUT2D eigenvalue weighted by Gasteiger charge is 2.41. The Morgan fingerprint density at radius 3 is 2.82 bits per heavy atom. The maximum absolute atomic E-state index is 6.52. The monoisotopic (exact) mass is 540 g/mol. The molecule has 5 nitrogen and oxygen atoms in total. The van der Waals surface area contributed by atoms with E-state index in [2.05, 4.69) is 57.5 Å². The fourth-order valence-corrected chi connectivity index (χ4v) is 5.64. The molecule has 3 aromatic rings. The normalized spacial score (nSPS) is 18.7. The number of hydrogen-bond donors (Lipinski definition) is 0. The van der Waals surface area contributed by atoms with Gasteiger partial charge in [0.05, 0.1) is 30.3 Å². The molecule has 5 rings (SSSR count). The molecule has 3 heterocycles. The van der Waals surface area contributed by atoms with Gasteiger partial charge in [0, 0.05) is 22.0 Å². The topological polar surface area (TPSA) is 43.3 Å². The molecule has 0 unspecified atom stereocenters. The van der Waals surface area contributed by atoms with Gasteiger partial charge in [0.15, 0.2) is 11.5 Å². The number of nitrogens with zero attached hydrogens (tertiary/aromatic N) is 2. The van der Waals surface area contributed by atoms with E-state index in [0.717, 1.165) is 51.4 Å². The predicted molar refractivity (Wildman–Crippen MR) is 140 cm³/mol. The van der Waals surface area contributed by atoms with Crippen molar-refractivity contribution < 1.29 is 14.2 Å². The van der Waals surface area contributed by atoms with E-state index in [1.807, 2.05) is 24.3 Å². The number of unbranched alkanes of at least 4 members (excludes halogenated alkanes) is 3. The Bertz CT molecular complexity index is 1160. The second-order valence-corrected chi connectivity index (χ2v) is 10.5. The minimum Gasteiger partial charge on any atom is -0.493 e. The molecule has 0 amide bonds. The zero-order valence-corrected chi connectivity index (χ0v) is 21.9. The van der Waals surface area contributed by atoms with Gasteiger partial charge in [-0.25, -0.2) is 5.01 Å². The molecule has 0 spiro atoms. The third-order valence-corrected chi connectivity index (χ3v) is 7.70. The highest BCUT2D eigenvalue weighted by molar-refractivity contribution is 9.10. The fourth-order valence-electron chi connectivity index (χ4n) is 4.54. The molecular formula is C27H29BrN2O3S. The van der Waals surface area contributed by atoms with Gasteiger partial charge < -0.3 is 14.2 Å². The summed E-state index contributed by atoms with van der Waals surface area (Å²) < 4.78 is 19.3. The molecule has 7 heteroatoms. The number of hydrazone groups is 1. The van der Waals surface area contributed by atoms with Gasteiger partial charge in [0.2, 0.25) is 6.23 Å². The molecule has 34 heavy (non-hydrogen) atoms. The smallest absolute Gasteiger partial charge is 0.214 e. The zero-order valence-electron chi connectivity index (χ0n) is 19.5. The van der Waals surface area contributed by atoms with E-state index < -0.39 is 0 Å². The molecule has 0 saturated heterocycles. The average molecular weight is 542 g/mol. The Balaban J connectivity index is 1.44. The van der Waals surface area contributed by atoms with Gasteiger partial charge in [-0.1, -0.05) is 48.2 Å². The van der Waals surface area contributed by atoms with Crippen LogP contribution in [0.3, 0.4) is 0 Å². The lowest BCUT2D eigenvalue weighted by Crippen LogP contribution is -2.33. The average Bonchev–Trinajstić information content (AvgIpc) is 3.54. The molecule has 0 saturated carbocycles. The Morgan fingerprint density at radius 2 is 2.03 bits per heavy atom. The highest BCUT2D eigenvalue weighted by Crippen LogP contribution is 2.49. The molecule has 0 radical (unpaired) electrons. The number of hydrogen-bond acceptors (Lipinski definition) is 6. The van der Waals surface area contributed by atoms with Crippen LogP contribution >= 0.6 is 27.3 Å². The van der Waals surface area contributed by atoms with E-state index in [9.17, 15) is 0 Å². The lowest BCUT2D eigenvalue weighted by atomic mass is 9.97. The summed E-state index contributed by atoms with van der Waals surface area (Å²) in [6.07, 6.45) is 5.19. The Morgan fingerprint density at radius 1 is 1.12 bits per heavy atom. The summed E-state index contributed by atoms with van der Waals surface area (Å²) in [5.41, 5.74) is 3.24. The van der Waals surface area contributed by atoms with Crippen molar-refractivity contribution >= 4 is 33.0 Å². The minimum absolute atomic E-state index is 0.115. The second-order valence-electron chi connectivity index (χ2n) is 8.60. The number of methoxy groups -OCH3 is 1. The van der Waals surface area contributed by atoms with Crippen LogP contribution in [-0.2, 0) is 0 Å². The highest BCUT2D eigenvalue weighted by atomic mass is 79.9.